The molecule has 0 radical (unpaired) electrons. The van der Waals surface area contributed by atoms with E-state index < -0.39 is 17.7 Å². The monoisotopic (exact) mass is 413 g/mol. The van der Waals surface area contributed by atoms with Crippen LogP contribution in [0.3, 0.4) is 0 Å². The molecule has 2 heterocycles. The summed E-state index contributed by atoms with van der Waals surface area (Å²) in [6.45, 7) is 1.27. The van der Waals surface area contributed by atoms with Gasteiger partial charge in [0.1, 0.15) is 0 Å². The average molecular weight is 414 g/mol. The highest BCUT2D eigenvalue weighted by atomic mass is 32.1. The van der Waals surface area contributed by atoms with E-state index in [0.717, 1.165) is 24.2 Å². The van der Waals surface area contributed by atoms with Crippen LogP contribution in [0.4, 0.5) is 5.69 Å². The number of aliphatic hydroxyl groups is 1. The number of nitrogens with zero attached hydrogens (tertiary/aromatic N) is 3. The third-order valence-corrected chi connectivity index (χ3v) is 5.89. The predicted octanol–water partition coefficient (Wildman–Crippen LogP) is 3.34. The molecule has 1 unspecified atom stereocenters. The molecule has 1 aromatic heterocycles. The fraction of sp³-hybridized carbons (Fsp3) is 0.364. The summed E-state index contributed by atoms with van der Waals surface area (Å²) in [5.74, 6) is -1.21. The highest BCUT2D eigenvalue weighted by molar-refractivity contribution is 7.12. The van der Waals surface area contributed by atoms with Crippen LogP contribution in [0.25, 0.3) is 0 Å². The number of anilines is 1. The zero-order valence-corrected chi connectivity index (χ0v) is 18.1. The Balaban J connectivity index is 1.99. The van der Waals surface area contributed by atoms with Crippen molar-refractivity contribution in [3.8, 4) is 0 Å². The molecule has 29 heavy (non-hydrogen) atoms. The van der Waals surface area contributed by atoms with Crippen molar-refractivity contribution in [1.82, 2.24) is 9.80 Å². The van der Waals surface area contributed by atoms with Crippen molar-refractivity contribution in [3.05, 3.63) is 63.6 Å². The predicted molar refractivity (Wildman–Crippen MR) is 117 cm³/mol. The van der Waals surface area contributed by atoms with Gasteiger partial charge in [0, 0.05) is 26.3 Å². The van der Waals surface area contributed by atoms with E-state index in [4.69, 9.17) is 0 Å². The van der Waals surface area contributed by atoms with E-state index in [1.54, 1.807) is 17.0 Å². The van der Waals surface area contributed by atoms with Gasteiger partial charge in [0.15, 0.2) is 5.76 Å². The van der Waals surface area contributed by atoms with E-state index in [1.165, 1.54) is 11.3 Å². The van der Waals surface area contributed by atoms with E-state index in [0.29, 0.717) is 11.4 Å². The number of hydrogen-bond donors (Lipinski definition) is 1. The van der Waals surface area contributed by atoms with E-state index >= 15 is 0 Å². The van der Waals surface area contributed by atoms with Crippen LogP contribution >= 0.6 is 11.3 Å². The topological polar surface area (TPSA) is 64.1 Å². The van der Waals surface area contributed by atoms with Crippen molar-refractivity contribution in [2.45, 2.75) is 12.5 Å². The minimum absolute atomic E-state index is 0.167. The van der Waals surface area contributed by atoms with Gasteiger partial charge in [-0.3, -0.25) is 9.59 Å². The first-order chi connectivity index (χ1) is 13.8. The summed E-state index contributed by atoms with van der Waals surface area (Å²) in [5.41, 5.74) is 2.01. The molecule has 0 fully saturated rings. The standard InChI is InChI=1S/C22H27N3O3S/c1-23(2)12-6-13-25-19(15-8-10-16(11-9-15)24(3)4)18(21(27)22(25)28)20(26)17-7-5-14-29-17/h5,7-11,14,19,27H,6,12-13H2,1-4H3. The van der Waals surface area contributed by atoms with Gasteiger partial charge in [-0.05, 0) is 56.2 Å². The van der Waals surface area contributed by atoms with Crippen LogP contribution in [0.1, 0.15) is 27.7 Å². The first-order valence-corrected chi connectivity index (χ1v) is 10.4. The van der Waals surface area contributed by atoms with Gasteiger partial charge < -0.3 is 19.8 Å². The molecule has 0 saturated heterocycles. The highest BCUT2D eigenvalue weighted by Crippen LogP contribution is 2.40. The lowest BCUT2D eigenvalue weighted by Gasteiger charge is -2.27. The first kappa shape index (κ1) is 21.1. The largest absolute Gasteiger partial charge is 0.503 e. The smallest absolute Gasteiger partial charge is 0.290 e. The Morgan fingerprint density at radius 1 is 1.14 bits per heavy atom. The minimum Gasteiger partial charge on any atom is -0.503 e. The summed E-state index contributed by atoms with van der Waals surface area (Å²) >= 11 is 1.31. The number of aliphatic hydroxyl groups excluding tert-OH is 1. The zero-order valence-electron chi connectivity index (χ0n) is 17.3. The van der Waals surface area contributed by atoms with Crippen LogP contribution in [0, 0.1) is 0 Å². The lowest BCUT2D eigenvalue weighted by atomic mass is 9.95. The van der Waals surface area contributed by atoms with Gasteiger partial charge >= 0.3 is 0 Å². The molecule has 1 aliphatic heterocycles. The average Bonchev–Trinajstić information content (AvgIpc) is 3.30. The van der Waals surface area contributed by atoms with Gasteiger partial charge in [-0.2, -0.15) is 0 Å². The Morgan fingerprint density at radius 2 is 1.83 bits per heavy atom. The van der Waals surface area contributed by atoms with E-state index in [2.05, 4.69) is 0 Å². The van der Waals surface area contributed by atoms with Gasteiger partial charge in [-0.25, -0.2) is 0 Å². The van der Waals surface area contributed by atoms with Crippen LogP contribution < -0.4 is 4.90 Å². The second-order valence-electron chi connectivity index (χ2n) is 7.61. The first-order valence-electron chi connectivity index (χ1n) is 9.55. The number of rotatable bonds is 8. The van der Waals surface area contributed by atoms with Gasteiger partial charge in [-0.1, -0.05) is 18.2 Å². The minimum atomic E-state index is -0.588. The summed E-state index contributed by atoms with van der Waals surface area (Å²) in [6, 6.07) is 10.7. The Kier molecular flexibility index (Phi) is 6.39. The van der Waals surface area contributed by atoms with Crippen LogP contribution in [0.15, 0.2) is 53.1 Å². The third kappa shape index (κ3) is 4.36. The quantitative estimate of drug-likeness (QED) is 0.673. The van der Waals surface area contributed by atoms with Gasteiger partial charge in [0.05, 0.1) is 16.5 Å². The van der Waals surface area contributed by atoms with Gasteiger partial charge in [0.25, 0.3) is 5.91 Å². The number of carbonyl (C=O) groups excluding carboxylic acids is 2. The number of benzene rings is 1. The summed E-state index contributed by atoms with van der Waals surface area (Å²) < 4.78 is 0. The fourth-order valence-electron chi connectivity index (χ4n) is 3.52. The maximum absolute atomic E-state index is 13.1. The molecule has 154 valence electrons. The molecule has 0 bridgehead atoms. The second kappa shape index (κ2) is 8.80. The van der Waals surface area contributed by atoms with E-state index in [-0.39, 0.29) is 11.4 Å². The molecule has 6 nitrogen and oxygen atoms in total. The van der Waals surface area contributed by atoms with Crippen LogP contribution in [0.2, 0.25) is 0 Å². The van der Waals surface area contributed by atoms with Crippen molar-refractivity contribution in [1.29, 1.82) is 0 Å². The number of Topliss-reactive ketones (excluding diaryl/α,β-unsaturated/α-hetero) is 1. The molecule has 1 aromatic carbocycles. The molecular formula is C22H27N3O3S. The highest BCUT2D eigenvalue weighted by Gasteiger charge is 2.43. The normalized spacial score (nSPS) is 16.8. The molecule has 1 aliphatic rings. The van der Waals surface area contributed by atoms with Crippen molar-refractivity contribution in [3.63, 3.8) is 0 Å². The molecule has 1 atom stereocenters. The molecule has 7 heteroatoms. The maximum Gasteiger partial charge on any atom is 0.290 e. The number of hydrogen-bond acceptors (Lipinski definition) is 6. The molecule has 3 rings (SSSR count). The Morgan fingerprint density at radius 3 is 2.38 bits per heavy atom. The summed E-state index contributed by atoms with van der Waals surface area (Å²) in [6.07, 6.45) is 0.749. The Labute approximate surface area is 175 Å². The third-order valence-electron chi connectivity index (χ3n) is 5.02. The zero-order chi connectivity index (χ0) is 21.1. The number of carbonyl (C=O) groups is 2. The lowest BCUT2D eigenvalue weighted by Crippen LogP contribution is -2.33. The van der Waals surface area contributed by atoms with Gasteiger partial charge in [-0.15, -0.1) is 11.3 Å². The molecule has 0 saturated carbocycles. The second-order valence-corrected chi connectivity index (χ2v) is 8.56. The SMILES string of the molecule is CN(C)CCCN1C(=O)C(O)=C(C(=O)c2cccs2)C1c1ccc(N(C)C)cc1. The summed E-state index contributed by atoms with van der Waals surface area (Å²) in [4.78, 5) is 32.2. The molecule has 0 spiro atoms. The number of amides is 1. The Bertz CT molecular complexity index is 902. The van der Waals surface area contributed by atoms with E-state index in [9.17, 15) is 14.7 Å². The fourth-order valence-corrected chi connectivity index (χ4v) is 4.19. The van der Waals surface area contributed by atoms with Crippen LogP contribution in [-0.2, 0) is 4.79 Å². The van der Waals surface area contributed by atoms with Crippen molar-refractivity contribution in [2.75, 3.05) is 46.2 Å². The van der Waals surface area contributed by atoms with Crippen molar-refractivity contribution >= 4 is 28.7 Å². The Hall–Kier alpha value is -2.64. The number of thiophene rings is 1. The lowest BCUT2D eigenvalue weighted by molar-refractivity contribution is -0.129. The molecule has 2 aromatic rings. The molecule has 1 amide bonds. The van der Waals surface area contributed by atoms with E-state index in [1.807, 2.05) is 67.6 Å². The van der Waals surface area contributed by atoms with Gasteiger partial charge in [0.2, 0.25) is 5.78 Å². The summed E-state index contributed by atoms with van der Waals surface area (Å²) in [7, 11) is 7.87. The summed E-state index contributed by atoms with van der Waals surface area (Å²) in [5, 5.41) is 12.5. The molecule has 1 N–H and O–H groups in total. The number of ketones is 1. The maximum atomic E-state index is 13.1. The van der Waals surface area contributed by atoms with Crippen LogP contribution in [0.5, 0.6) is 0 Å². The van der Waals surface area contributed by atoms with Crippen molar-refractivity contribution < 1.29 is 14.7 Å². The molecular weight excluding hydrogens is 386 g/mol. The molecule has 0 aliphatic carbocycles. The van der Waals surface area contributed by atoms with Crippen molar-refractivity contribution in [2.24, 2.45) is 0 Å². The van der Waals surface area contributed by atoms with Crippen LogP contribution in [-0.4, -0.2) is 67.9 Å².